The van der Waals surface area contributed by atoms with E-state index < -0.39 is 0 Å². The molecule has 2 rings (SSSR count). The SMILES string of the molecule is CC(NC(=O)CCSc1ccccn1)c1ccccc1. The van der Waals surface area contributed by atoms with Crippen LogP contribution in [-0.2, 0) is 4.79 Å². The molecular formula is C16H18N2OS. The summed E-state index contributed by atoms with van der Waals surface area (Å²) in [5, 5.41) is 3.96. The van der Waals surface area contributed by atoms with Gasteiger partial charge in [0.2, 0.25) is 5.91 Å². The first-order valence-corrected chi connectivity index (χ1v) is 7.62. The molecule has 1 aromatic heterocycles. The minimum Gasteiger partial charge on any atom is -0.350 e. The fourth-order valence-electron chi connectivity index (χ4n) is 1.82. The van der Waals surface area contributed by atoms with E-state index in [0.717, 1.165) is 16.3 Å². The van der Waals surface area contributed by atoms with Crippen LogP contribution in [-0.4, -0.2) is 16.6 Å². The predicted octanol–water partition coefficient (Wildman–Crippen LogP) is 3.44. The fraction of sp³-hybridized carbons (Fsp3) is 0.250. The van der Waals surface area contributed by atoms with Crippen molar-refractivity contribution in [3.8, 4) is 0 Å². The minimum absolute atomic E-state index is 0.0450. The highest BCUT2D eigenvalue weighted by Gasteiger charge is 2.09. The topological polar surface area (TPSA) is 42.0 Å². The molecule has 0 bridgehead atoms. The molecule has 104 valence electrons. The Kier molecular flexibility index (Phi) is 5.62. The summed E-state index contributed by atoms with van der Waals surface area (Å²) in [6.07, 6.45) is 2.26. The van der Waals surface area contributed by atoms with Crippen LogP contribution in [0.25, 0.3) is 0 Å². The summed E-state index contributed by atoms with van der Waals surface area (Å²) in [6.45, 7) is 2.00. The summed E-state index contributed by atoms with van der Waals surface area (Å²) in [6, 6.07) is 15.8. The number of nitrogens with one attached hydrogen (secondary N) is 1. The number of pyridine rings is 1. The van der Waals surface area contributed by atoms with E-state index >= 15 is 0 Å². The Morgan fingerprint density at radius 1 is 1.20 bits per heavy atom. The monoisotopic (exact) mass is 286 g/mol. The van der Waals surface area contributed by atoms with Crippen LogP contribution in [0.3, 0.4) is 0 Å². The zero-order chi connectivity index (χ0) is 14.2. The first kappa shape index (κ1) is 14.6. The molecule has 3 nitrogen and oxygen atoms in total. The maximum atomic E-state index is 11.9. The zero-order valence-electron chi connectivity index (χ0n) is 11.5. The van der Waals surface area contributed by atoms with Crippen LogP contribution in [0.15, 0.2) is 59.8 Å². The second kappa shape index (κ2) is 7.70. The molecular weight excluding hydrogens is 268 g/mol. The van der Waals surface area contributed by atoms with Crippen LogP contribution in [0.2, 0.25) is 0 Å². The molecule has 4 heteroatoms. The molecule has 1 amide bonds. The van der Waals surface area contributed by atoms with E-state index in [9.17, 15) is 4.79 Å². The highest BCUT2D eigenvalue weighted by atomic mass is 32.2. The van der Waals surface area contributed by atoms with E-state index in [2.05, 4.69) is 10.3 Å². The van der Waals surface area contributed by atoms with Gasteiger partial charge in [0.05, 0.1) is 11.1 Å². The molecule has 0 saturated heterocycles. The van der Waals surface area contributed by atoms with Crippen molar-refractivity contribution in [2.24, 2.45) is 0 Å². The Hall–Kier alpha value is -1.81. The Labute approximate surface area is 123 Å². The molecule has 0 aliphatic rings. The van der Waals surface area contributed by atoms with Crippen molar-refractivity contribution in [2.45, 2.75) is 24.4 Å². The number of carbonyl (C=O) groups is 1. The first-order chi connectivity index (χ1) is 9.75. The number of amides is 1. The van der Waals surface area contributed by atoms with Crippen molar-refractivity contribution in [3.63, 3.8) is 0 Å². The Bertz CT molecular complexity index is 531. The van der Waals surface area contributed by atoms with E-state index in [1.54, 1.807) is 18.0 Å². The van der Waals surface area contributed by atoms with Crippen molar-refractivity contribution in [2.75, 3.05) is 5.75 Å². The third kappa shape index (κ3) is 4.70. The summed E-state index contributed by atoms with van der Waals surface area (Å²) in [5.41, 5.74) is 1.12. The number of carbonyl (C=O) groups excluding carboxylic acids is 1. The minimum atomic E-state index is 0.0450. The Morgan fingerprint density at radius 2 is 1.95 bits per heavy atom. The number of hydrogen-bond donors (Lipinski definition) is 1. The molecule has 1 atom stereocenters. The summed E-state index contributed by atoms with van der Waals surface area (Å²) in [4.78, 5) is 16.1. The van der Waals surface area contributed by atoms with E-state index in [4.69, 9.17) is 0 Å². The predicted molar refractivity (Wildman–Crippen MR) is 82.6 cm³/mol. The number of nitrogens with zero attached hydrogens (tertiary/aromatic N) is 1. The van der Waals surface area contributed by atoms with Crippen molar-refractivity contribution >= 4 is 17.7 Å². The van der Waals surface area contributed by atoms with Crippen LogP contribution >= 0.6 is 11.8 Å². The molecule has 0 fully saturated rings. The second-order valence-electron chi connectivity index (χ2n) is 4.47. The van der Waals surface area contributed by atoms with Crippen LogP contribution in [0, 0.1) is 0 Å². The lowest BCUT2D eigenvalue weighted by atomic mass is 10.1. The van der Waals surface area contributed by atoms with E-state index in [1.807, 2.05) is 55.5 Å². The molecule has 1 aromatic carbocycles. The van der Waals surface area contributed by atoms with Gasteiger partial charge in [-0.2, -0.15) is 0 Å². The van der Waals surface area contributed by atoms with Gasteiger partial charge in [-0.1, -0.05) is 36.4 Å². The highest BCUT2D eigenvalue weighted by molar-refractivity contribution is 7.99. The van der Waals surface area contributed by atoms with Gasteiger partial charge in [0.1, 0.15) is 0 Å². The van der Waals surface area contributed by atoms with Crippen LogP contribution in [0.5, 0.6) is 0 Å². The molecule has 0 spiro atoms. The largest absolute Gasteiger partial charge is 0.350 e. The lowest BCUT2D eigenvalue weighted by molar-refractivity contribution is -0.121. The van der Waals surface area contributed by atoms with Gasteiger partial charge >= 0.3 is 0 Å². The van der Waals surface area contributed by atoms with Gasteiger partial charge in [0.25, 0.3) is 0 Å². The van der Waals surface area contributed by atoms with Crippen molar-refractivity contribution in [1.82, 2.24) is 10.3 Å². The molecule has 0 radical (unpaired) electrons. The fourth-order valence-corrected chi connectivity index (χ4v) is 2.63. The van der Waals surface area contributed by atoms with Gasteiger partial charge in [-0.05, 0) is 24.6 Å². The van der Waals surface area contributed by atoms with Crippen LogP contribution in [0.4, 0.5) is 0 Å². The smallest absolute Gasteiger partial charge is 0.221 e. The van der Waals surface area contributed by atoms with Gasteiger partial charge in [-0.25, -0.2) is 4.98 Å². The van der Waals surface area contributed by atoms with Gasteiger partial charge < -0.3 is 5.32 Å². The second-order valence-corrected chi connectivity index (χ2v) is 5.58. The lowest BCUT2D eigenvalue weighted by Gasteiger charge is -2.14. The standard InChI is InChI=1S/C16H18N2OS/c1-13(14-7-3-2-4-8-14)18-15(19)10-12-20-16-9-5-6-11-17-16/h2-9,11,13H,10,12H2,1H3,(H,18,19). The maximum absolute atomic E-state index is 11.9. The summed E-state index contributed by atoms with van der Waals surface area (Å²) < 4.78 is 0. The molecule has 1 unspecified atom stereocenters. The van der Waals surface area contributed by atoms with Crippen LogP contribution in [0.1, 0.15) is 24.9 Å². The number of rotatable bonds is 6. The number of benzene rings is 1. The van der Waals surface area contributed by atoms with Gasteiger partial charge in [0, 0.05) is 18.4 Å². The third-order valence-electron chi connectivity index (χ3n) is 2.89. The summed E-state index contributed by atoms with van der Waals surface area (Å²) >= 11 is 1.60. The number of thioether (sulfide) groups is 1. The Balaban J connectivity index is 1.73. The number of aromatic nitrogens is 1. The quantitative estimate of drug-likeness (QED) is 0.827. The summed E-state index contributed by atoms with van der Waals surface area (Å²) in [5.74, 6) is 0.814. The van der Waals surface area contributed by atoms with E-state index in [1.165, 1.54) is 0 Å². The molecule has 0 aliphatic heterocycles. The zero-order valence-corrected chi connectivity index (χ0v) is 12.3. The highest BCUT2D eigenvalue weighted by Crippen LogP contribution is 2.16. The average Bonchev–Trinajstić information content (AvgIpc) is 2.49. The normalized spacial score (nSPS) is 11.8. The van der Waals surface area contributed by atoms with Crippen molar-refractivity contribution in [1.29, 1.82) is 0 Å². The van der Waals surface area contributed by atoms with Crippen molar-refractivity contribution < 1.29 is 4.79 Å². The van der Waals surface area contributed by atoms with Gasteiger partial charge in [-0.3, -0.25) is 4.79 Å². The number of hydrogen-bond acceptors (Lipinski definition) is 3. The van der Waals surface area contributed by atoms with Crippen LogP contribution < -0.4 is 5.32 Å². The third-order valence-corrected chi connectivity index (χ3v) is 3.84. The lowest BCUT2D eigenvalue weighted by Crippen LogP contribution is -2.26. The average molecular weight is 286 g/mol. The molecule has 0 saturated carbocycles. The van der Waals surface area contributed by atoms with E-state index in [0.29, 0.717) is 6.42 Å². The molecule has 2 aromatic rings. The first-order valence-electron chi connectivity index (χ1n) is 6.64. The molecule has 1 heterocycles. The summed E-state index contributed by atoms with van der Waals surface area (Å²) in [7, 11) is 0. The Morgan fingerprint density at radius 3 is 2.65 bits per heavy atom. The van der Waals surface area contributed by atoms with Gasteiger partial charge in [-0.15, -0.1) is 11.8 Å². The maximum Gasteiger partial charge on any atom is 0.221 e. The molecule has 1 N–H and O–H groups in total. The van der Waals surface area contributed by atoms with Gasteiger partial charge in [0.15, 0.2) is 0 Å². The van der Waals surface area contributed by atoms with Crippen molar-refractivity contribution in [3.05, 3.63) is 60.3 Å². The molecule has 20 heavy (non-hydrogen) atoms. The van der Waals surface area contributed by atoms with E-state index in [-0.39, 0.29) is 11.9 Å². The molecule has 0 aliphatic carbocycles.